The fraction of sp³-hybridized carbons (Fsp3) is 0.750. The zero-order valence-electron chi connectivity index (χ0n) is 7.77. The minimum absolute atomic E-state index is 0.0516. The Hall–Kier alpha value is -1.24. The maximum atomic E-state index is 10.9. The fourth-order valence-electron chi connectivity index (χ4n) is 0.528. The lowest BCUT2D eigenvalue weighted by Crippen LogP contribution is -2.39. The molecule has 0 aromatic heterocycles. The summed E-state index contributed by atoms with van der Waals surface area (Å²) >= 11 is 0. The first-order chi connectivity index (χ1) is 5.45. The number of nitrogens with one attached hydrogen (secondary N) is 2. The van der Waals surface area contributed by atoms with Gasteiger partial charge in [0, 0.05) is 6.54 Å². The van der Waals surface area contributed by atoms with Crippen LogP contribution < -0.4 is 10.6 Å². The average Bonchev–Trinajstić information content (AvgIpc) is 1.95. The SMILES string of the molecule is CC(C)(C)CNC(=O)NCC#N. The number of rotatable bonds is 2. The lowest BCUT2D eigenvalue weighted by molar-refractivity contribution is 0.236. The molecule has 0 aliphatic heterocycles. The van der Waals surface area contributed by atoms with E-state index in [1.165, 1.54) is 0 Å². The highest BCUT2D eigenvalue weighted by molar-refractivity contribution is 5.74. The molecular weight excluding hydrogens is 154 g/mol. The van der Waals surface area contributed by atoms with Crippen molar-refractivity contribution in [2.75, 3.05) is 13.1 Å². The molecule has 68 valence electrons. The molecule has 0 saturated carbocycles. The molecule has 4 nitrogen and oxygen atoms in total. The zero-order chi connectivity index (χ0) is 9.61. The normalized spacial score (nSPS) is 10.2. The number of nitriles is 1. The average molecular weight is 169 g/mol. The predicted octanol–water partition coefficient (Wildman–Crippen LogP) is 0.855. The Morgan fingerprint density at radius 2 is 2.00 bits per heavy atom. The van der Waals surface area contributed by atoms with Crippen molar-refractivity contribution < 1.29 is 4.79 Å². The smallest absolute Gasteiger partial charge is 0.315 e. The zero-order valence-corrected chi connectivity index (χ0v) is 7.77. The van der Waals surface area contributed by atoms with E-state index in [4.69, 9.17) is 5.26 Å². The van der Waals surface area contributed by atoms with Gasteiger partial charge in [-0.3, -0.25) is 0 Å². The highest BCUT2D eigenvalue weighted by Crippen LogP contribution is 2.09. The summed E-state index contributed by atoms with van der Waals surface area (Å²) in [7, 11) is 0. The first kappa shape index (κ1) is 10.8. The van der Waals surface area contributed by atoms with Gasteiger partial charge in [-0.25, -0.2) is 4.79 Å². The van der Waals surface area contributed by atoms with Crippen molar-refractivity contribution in [1.82, 2.24) is 10.6 Å². The van der Waals surface area contributed by atoms with Crippen molar-refractivity contribution in [1.29, 1.82) is 5.26 Å². The Kier molecular flexibility index (Phi) is 4.12. The van der Waals surface area contributed by atoms with Gasteiger partial charge in [0.15, 0.2) is 0 Å². The minimum Gasteiger partial charge on any atom is -0.338 e. The molecule has 0 aromatic rings. The van der Waals surface area contributed by atoms with E-state index in [0.717, 1.165) is 0 Å². The van der Waals surface area contributed by atoms with Gasteiger partial charge in [-0.2, -0.15) is 5.26 Å². The van der Waals surface area contributed by atoms with E-state index >= 15 is 0 Å². The van der Waals surface area contributed by atoms with E-state index in [-0.39, 0.29) is 18.0 Å². The van der Waals surface area contributed by atoms with Crippen LogP contribution in [0.3, 0.4) is 0 Å². The summed E-state index contributed by atoms with van der Waals surface area (Å²) < 4.78 is 0. The van der Waals surface area contributed by atoms with Crippen LogP contribution in [0.15, 0.2) is 0 Å². The van der Waals surface area contributed by atoms with E-state index in [1.54, 1.807) is 0 Å². The maximum absolute atomic E-state index is 10.9. The summed E-state index contributed by atoms with van der Waals surface area (Å²) in [5.74, 6) is 0. The first-order valence-electron chi connectivity index (χ1n) is 3.84. The van der Waals surface area contributed by atoms with Crippen LogP contribution in [0.1, 0.15) is 20.8 Å². The Bertz CT molecular complexity index is 187. The molecule has 0 bridgehead atoms. The van der Waals surface area contributed by atoms with Crippen molar-refractivity contribution in [3.8, 4) is 6.07 Å². The second kappa shape index (κ2) is 4.60. The van der Waals surface area contributed by atoms with Crippen LogP contribution in [-0.2, 0) is 0 Å². The second-order valence-corrected chi connectivity index (χ2v) is 3.76. The van der Waals surface area contributed by atoms with Gasteiger partial charge < -0.3 is 10.6 Å². The topological polar surface area (TPSA) is 64.9 Å². The lowest BCUT2D eigenvalue weighted by Gasteiger charge is -2.18. The quantitative estimate of drug-likeness (QED) is 0.602. The summed E-state index contributed by atoms with van der Waals surface area (Å²) in [6.07, 6.45) is 0. The molecule has 0 atom stereocenters. The summed E-state index contributed by atoms with van der Waals surface area (Å²) in [5, 5.41) is 13.2. The van der Waals surface area contributed by atoms with Crippen LogP contribution >= 0.6 is 0 Å². The third-order valence-corrected chi connectivity index (χ3v) is 1.11. The van der Waals surface area contributed by atoms with Crippen molar-refractivity contribution in [3.63, 3.8) is 0 Å². The molecule has 0 rings (SSSR count). The van der Waals surface area contributed by atoms with Gasteiger partial charge in [0.2, 0.25) is 0 Å². The van der Waals surface area contributed by atoms with Gasteiger partial charge >= 0.3 is 6.03 Å². The number of urea groups is 1. The third kappa shape index (κ3) is 6.87. The van der Waals surface area contributed by atoms with Crippen molar-refractivity contribution in [3.05, 3.63) is 0 Å². The Morgan fingerprint density at radius 3 is 2.42 bits per heavy atom. The van der Waals surface area contributed by atoms with Gasteiger partial charge in [0.1, 0.15) is 6.54 Å². The van der Waals surface area contributed by atoms with Gasteiger partial charge in [0.25, 0.3) is 0 Å². The first-order valence-corrected chi connectivity index (χ1v) is 3.84. The molecule has 0 radical (unpaired) electrons. The van der Waals surface area contributed by atoms with E-state index < -0.39 is 0 Å². The molecule has 0 heterocycles. The Labute approximate surface area is 72.9 Å². The summed E-state index contributed by atoms with van der Waals surface area (Å²) in [6.45, 7) is 6.73. The van der Waals surface area contributed by atoms with E-state index in [2.05, 4.69) is 10.6 Å². The molecule has 2 amide bonds. The Balaban J connectivity index is 3.53. The molecule has 2 N–H and O–H groups in total. The molecule has 0 spiro atoms. The summed E-state index contributed by atoms with van der Waals surface area (Å²) in [4.78, 5) is 10.9. The molecule has 0 aromatic carbocycles. The van der Waals surface area contributed by atoms with Gasteiger partial charge in [-0.1, -0.05) is 20.8 Å². The van der Waals surface area contributed by atoms with Gasteiger partial charge in [-0.05, 0) is 5.41 Å². The van der Waals surface area contributed by atoms with Gasteiger partial charge in [0.05, 0.1) is 6.07 Å². The third-order valence-electron chi connectivity index (χ3n) is 1.11. The van der Waals surface area contributed by atoms with Crippen molar-refractivity contribution >= 4 is 6.03 Å². The molecule has 4 heteroatoms. The van der Waals surface area contributed by atoms with Crippen molar-refractivity contribution in [2.45, 2.75) is 20.8 Å². The molecular formula is C8H15N3O. The monoisotopic (exact) mass is 169 g/mol. The van der Waals surface area contributed by atoms with Gasteiger partial charge in [-0.15, -0.1) is 0 Å². The van der Waals surface area contributed by atoms with Crippen LogP contribution in [0.25, 0.3) is 0 Å². The summed E-state index contributed by atoms with van der Waals surface area (Å²) in [6, 6.07) is 1.54. The number of nitrogens with zero attached hydrogens (tertiary/aromatic N) is 1. The van der Waals surface area contributed by atoms with Crippen LogP contribution in [-0.4, -0.2) is 19.1 Å². The van der Waals surface area contributed by atoms with Crippen LogP contribution in [0.5, 0.6) is 0 Å². The second-order valence-electron chi connectivity index (χ2n) is 3.76. The highest BCUT2D eigenvalue weighted by atomic mass is 16.2. The minimum atomic E-state index is -0.286. The number of hydrogen-bond acceptors (Lipinski definition) is 2. The molecule has 0 aliphatic carbocycles. The molecule has 0 unspecified atom stereocenters. The van der Waals surface area contributed by atoms with Crippen molar-refractivity contribution in [2.24, 2.45) is 5.41 Å². The van der Waals surface area contributed by atoms with Crippen LogP contribution in [0, 0.1) is 16.7 Å². The number of carbonyl (C=O) groups is 1. The van der Waals surface area contributed by atoms with Crippen LogP contribution in [0.2, 0.25) is 0 Å². The molecule has 12 heavy (non-hydrogen) atoms. The molecule has 0 saturated heterocycles. The van der Waals surface area contributed by atoms with E-state index in [0.29, 0.717) is 6.54 Å². The fourth-order valence-corrected chi connectivity index (χ4v) is 0.528. The predicted molar refractivity (Wildman–Crippen MR) is 46.5 cm³/mol. The maximum Gasteiger partial charge on any atom is 0.315 e. The lowest BCUT2D eigenvalue weighted by atomic mass is 9.97. The number of carbonyl (C=O) groups excluding carboxylic acids is 1. The van der Waals surface area contributed by atoms with Crippen LogP contribution in [0.4, 0.5) is 4.79 Å². The number of hydrogen-bond donors (Lipinski definition) is 2. The molecule has 0 aliphatic rings. The van der Waals surface area contributed by atoms with E-state index in [1.807, 2.05) is 26.8 Å². The number of amides is 2. The standard InChI is InChI=1S/C8H15N3O/c1-8(2,3)6-11-7(12)10-5-4-9/h5-6H2,1-3H3,(H2,10,11,12). The largest absolute Gasteiger partial charge is 0.338 e. The van der Waals surface area contributed by atoms with E-state index in [9.17, 15) is 4.79 Å². The summed E-state index contributed by atoms with van der Waals surface area (Å²) in [5.41, 5.74) is 0.0734. The molecule has 0 fully saturated rings. The highest BCUT2D eigenvalue weighted by Gasteiger charge is 2.10. The Morgan fingerprint density at radius 1 is 1.42 bits per heavy atom.